The molecule has 0 spiro atoms. The molecule has 0 atom stereocenters. The molecule has 0 heterocycles. The first-order chi connectivity index (χ1) is 8.93. The zero-order valence-corrected chi connectivity index (χ0v) is 11.4. The molecule has 0 aromatic heterocycles. The summed E-state index contributed by atoms with van der Waals surface area (Å²) < 4.78 is 35.4. The van der Waals surface area contributed by atoms with E-state index < -0.39 is 16.1 Å². The van der Waals surface area contributed by atoms with Gasteiger partial charge < -0.3 is 4.74 Å². The van der Waals surface area contributed by atoms with Gasteiger partial charge in [0.2, 0.25) is 0 Å². The van der Waals surface area contributed by atoms with Crippen LogP contribution in [0.5, 0.6) is 5.75 Å². The molecule has 0 fully saturated rings. The molecule has 0 amide bonds. The van der Waals surface area contributed by atoms with Crippen LogP contribution in [0.3, 0.4) is 0 Å². The maximum absolute atomic E-state index is 11.4. The third-order valence-corrected chi connectivity index (χ3v) is 3.19. The van der Waals surface area contributed by atoms with Crippen LogP contribution < -0.4 is 4.74 Å². The van der Waals surface area contributed by atoms with Crippen molar-refractivity contribution in [1.29, 1.82) is 0 Å². The first-order valence-corrected chi connectivity index (χ1v) is 7.33. The monoisotopic (exact) mass is 284 g/mol. The number of benzene rings is 1. The Kier molecular flexibility index (Phi) is 5.72. The van der Waals surface area contributed by atoms with Crippen LogP contribution in [0.15, 0.2) is 41.3 Å². The summed E-state index contributed by atoms with van der Waals surface area (Å²) >= 11 is 0. The highest BCUT2D eigenvalue weighted by Gasteiger charge is 2.09. The van der Waals surface area contributed by atoms with Crippen LogP contribution in [0.4, 0.5) is 0 Å². The highest BCUT2D eigenvalue weighted by atomic mass is 32.2. The van der Waals surface area contributed by atoms with E-state index in [0.29, 0.717) is 0 Å². The highest BCUT2D eigenvalue weighted by Crippen LogP contribution is 2.15. The second kappa shape index (κ2) is 7.06. The lowest BCUT2D eigenvalue weighted by molar-refractivity contribution is -0.129. The van der Waals surface area contributed by atoms with Crippen molar-refractivity contribution >= 4 is 16.1 Å². The molecule has 0 unspecified atom stereocenters. The van der Waals surface area contributed by atoms with Gasteiger partial charge in [-0.05, 0) is 30.7 Å². The fourth-order valence-electron chi connectivity index (χ4n) is 1.33. The first kappa shape index (κ1) is 15.4. The van der Waals surface area contributed by atoms with Gasteiger partial charge in [-0.2, -0.15) is 8.42 Å². The number of hydrogen-bond acceptors (Lipinski definition) is 4. The van der Waals surface area contributed by atoms with Crippen molar-refractivity contribution in [2.75, 3.05) is 0 Å². The van der Waals surface area contributed by atoms with Crippen LogP contribution in [0.25, 0.3) is 0 Å². The largest absolute Gasteiger partial charge is 0.423 e. The number of carbonyl (C=O) groups is 1. The highest BCUT2D eigenvalue weighted by molar-refractivity contribution is 7.85. The van der Waals surface area contributed by atoms with E-state index in [4.69, 9.17) is 9.29 Å². The molecule has 0 aliphatic heterocycles. The van der Waals surface area contributed by atoms with E-state index in [1.54, 1.807) is 6.08 Å². The Morgan fingerprint density at radius 3 is 2.47 bits per heavy atom. The number of esters is 1. The van der Waals surface area contributed by atoms with Gasteiger partial charge in [0.05, 0.1) is 4.90 Å². The van der Waals surface area contributed by atoms with Crippen molar-refractivity contribution < 1.29 is 22.5 Å². The Morgan fingerprint density at radius 2 is 1.95 bits per heavy atom. The molecule has 104 valence electrons. The van der Waals surface area contributed by atoms with Crippen LogP contribution in [0.1, 0.15) is 26.2 Å². The Bertz CT molecular complexity index is 543. The Hall–Kier alpha value is -1.66. The Morgan fingerprint density at radius 1 is 1.32 bits per heavy atom. The van der Waals surface area contributed by atoms with E-state index in [0.717, 1.165) is 19.3 Å². The van der Waals surface area contributed by atoms with E-state index in [9.17, 15) is 13.2 Å². The predicted molar refractivity (Wildman–Crippen MR) is 70.6 cm³/mol. The molecule has 0 radical (unpaired) electrons. The van der Waals surface area contributed by atoms with Gasteiger partial charge in [0.15, 0.2) is 0 Å². The second-order valence-electron chi connectivity index (χ2n) is 3.91. The minimum atomic E-state index is -4.22. The predicted octanol–water partition coefficient (Wildman–Crippen LogP) is 2.59. The molecule has 5 nitrogen and oxygen atoms in total. The number of allylic oxidation sites excluding steroid dienone is 1. The van der Waals surface area contributed by atoms with Gasteiger partial charge in [-0.3, -0.25) is 4.55 Å². The molecule has 0 saturated heterocycles. The molecule has 6 heteroatoms. The van der Waals surface area contributed by atoms with Crippen molar-refractivity contribution in [3.05, 3.63) is 36.4 Å². The van der Waals surface area contributed by atoms with Gasteiger partial charge in [0.25, 0.3) is 10.1 Å². The van der Waals surface area contributed by atoms with E-state index in [1.807, 2.05) is 0 Å². The van der Waals surface area contributed by atoms with Crippen LogP contribution >= 0.6 is 0 Å². The van der Waals surface area contributed by atoms with Crippen LogP contribution in [0.2, 0.25) is 0 Å². The van der Waals surface area contributed by atoms with E-state index in [-0.39, 0.29) is 10.6 Å². The summed E-state index contributed by atoms with van der Waals surface area (Å²) in [6.07, 6.45) is 5.95. The summed E-state index contributed by atoms with van der Waals surface area (Å²) in [7, 11) is -4.22. The minimum absolute atomic E-state index is 0.220. The van der Waals surface area contributed by atoms with Gasteiger partial charge in [0, 0.05) is 6.08 Å². The van der Waals surface area contributed by atoms with Gasteiger partial charge >= 0.3 is 5.97 Å². The van der Waals surface area contributed by atoms with Crippen molar-refractivity contribution in [2.24, 2.45) is 0 Å². The van der Waals surface area contributed by atoms with Gasteiger partial charge in [0.1, 0.15) is 5.75 Å². The molecule has 0 bridgehead atoms. The summed E-state index contributed by atoms with van der Waals surface area (Å²) in [4.78, 5) is 11.1. The third kappa shape index (κ3) is 5.67. The average Bonchev–Trinajstić information content (AvgIpc) is 2.34. The molecule has 19 heavy (non-hydrogen) atoms. The fourth-order valence-corrected chi connectivity index (χ4v) is 1.81. The molecule has 1 rings (SSSR count). The molecule has 0 saturated carbocycles. The van der Waals surface area contributed by atoms with Crippen LogP contribution in [-0.2, 0) is 14.9 Å². The minimum Gasteiger partial charge on any atom is -0.423 e. The van der Waals surface area contributed by atoms with E-state index in [1.165, 1.54) is 30.3 Å². The summed E-state index contributed by atoms with van der Waals surface area (Å²) in [6.45, 7) is 2.06. The number of ether oxygens (including phenoxy) is 1. The number of rotatable bonds is 6. The summed E-state index contributed by atoms with van der Waals surface area (Å²) in [5.74, 6) is -0.298. The SMILES string of the molecule is CCCCC=CC(=O)Oc1ccc(S(=O)(=O)O)cc1. The topological polar surface area (TPSA) is 80.7 Å². The molecule has 1 N–H and O–H groups in total. The number of carbonyl (C=O) groups excluding carboxylic acids is 1. The van der Waals surface area contributed by atoms with Crippen molar-refractivity contribution in [2.45, 2.75) is 31.1 Å². The zero-order chi connectivity index (χ0) is 14.3. The van der Waals surface area contributed by atoms with Gasteiger partial charge in [-0.15, -0.1) is 0 Å². The summed E-state index contributed by atoms with van der Waals surface area (Å²) in [5.41, 5.74) is 0. The number of unbranched alkanes of at least 4 members (excludes halogenated alkanes) is 2. The summed E-state index contributed by atoms with van der Waals surface area (Å²) in [5, 5.41) is 0. The van der Waals surface area contributed by atoms with Gasteiger partial charge in [-0.25, -0.2) is 4.79 Å². The fraction of sp³-hybridized carbons (Fsp3) is 0.308. The maximum Gasteiger partial charge on any atom is 0.335 e. The van der Waals surface area contributed by atoms with Crippen molar-refractivity contribution in [1.82, 2.24) is 0 Å². The molecular weight excluding hydrogens is 268 g/mol. The van der Waals surface area contributed by atoms with Crippen LogP contribution in [0, 0.1) is 0 Å². The molecule has 1 aromatic carbocycles. The molecule has 1 aromatic rings. The van der Waals surface area contributed by atoms with E-state index in [2.05, 4.69) is 6.92 Å². The zero-order valence-electron chi connectivity index (χ0n) is 10.6. The molecule has 0 aliphatic rings. The van der Waals surface area contributed by atoms with Crippen molar-refractivity contribution in [3.8, 4) is 5.75 Å². The molecule has 0 aliphatic carbocycles. The number of hydrogen-bond donors (Lipinski definition) is 1. The summed E-state index contributed by atoms with van der Waals surface area (Å²) in [6, 6.07) is 4.94. The lowest BCUT2D eigenvalue weighted by atomic mass is 10.2. The maximum atomic E-state index is 11.4. The third-order valence-electron chi connectivity index (χ3n) is 2.32. The second-order valence-corrected chi connectivity index (χ2v) is 5.33. The average molecular weight is 284 g/mol. The van der Waals surface area contributed by atoms with Gasteiger partial charge in [-0.1, -0.05) is 25.8 Å². The quantitative estimate of drug-likeness (QED) is 0.285. The smallest absolute Gasteiger partial charge is 0.335 e. The normalized spacial score (nSPS) is 11.7. The molecular formula is C13H16O5S. The lowest BCUT2D eigenvalue weighted by Crippen LogP contribution is -2.04. The standard InChI is InChI=1S/C13H16O5S/c1-2-3-4-5-6-13(14)18-11-7-9-12(10-8-11)19(15,16)17/h5-10H,2-4H2,1H3,(H,15,16,17). The Balaban J connectivity index is 2.58. The van der Waals surface area contributed by atoms with E-state index >= 15 is 0 Å². The first-order valence-electron chi connectivity index (χ1n) is 5.89. The van der Waals surface area contributed by atoms with Crippen molar-refractivity contribution in [3.63, 3.8) is 0 Å². The Labute approximate surface area is 112 Å². The van der Waals surface area contributed by atoms with Crippen LogP contribution in [-0.4, -0.2) is 18.9 Å². The lowest BCUT2D eigenvalue weighted by Gasteiger charge is -2.02.